The number of rotatable bonds is 6. The molecule has 0 atom stereocenters. The van der Waals surface area contributed by atoms with Crippen molar-refractivity contribution in [1.82, 2.24) is 9.88 Å². The van der Waals surface area contributed by atoms with Crippen LogP contribution >= 0.6 is 0 Å². The van der Waals surface area contributed by atoms with Crippen LogP contribution in [0.25, 0.3) is 5.69 Å². The average molecular weight is 272 g/mol. The number of hydrogen-bond donors (Lipinski definition) is 2. The fraction of sp³-hybridized carbons (Fsp3) is 0.200. The van der Waals surface area contributed by atoms with Crippen LogP contribution in [0.1, 0.15) is 23.2 Å². The lowest BCUT2D eigenvalue weighted by Crippen LogP contribution is -2.24. The molecule has 5 nitrogen and oxygen atoms in total. The van der Waals surface area contributed by atoms with Crippen molar-refractivity contribution in [1.29, 1.82) is 0 Å². The number of carbonyl (C=O) groups excluding carboxylic acids is 1. The first-order valence-corrected chi connectivity index (χ1v) is 6.40. The van der Waals surface area contributed by atoms with Crippen LogP contribution in [0.15, 0.2) is 48.8 Å². The summed E-state index contributed by atoms with van der Waals surface area (Å²) in [4.78, 5) is 22.3. The normalized spacial score (nSPS) is 10.2. The second kappa shape index (κ2) is 6.56. The number of aliphatic carboxylic acids is 1. The number of amides is 1. The summed E-state index contributed by atoms with van der Waals surface area (Å²) in [6, 6.07) is 11.1. The van der Waals surface area contributed by atoms with Crippen LogP contribution in [-0.4, -0.2) is 28.1 Å². The van der Waals surface area contributed by atoms with Crippen LogP contribution in [0.3, 0.4) is 0 Å². The smallest absolute Gasteiger partial charge is 0.303 e. The summed E-state index contributed by atoms with van der Waals surface area (Å²) in [6.07, 6.45) is 4.30. The molecule has 0 saturated heterocycles. The van der Waals surface area contributed by atoms with E-state index in [2.05, 4.69) is 5.32 Å². The van der Waals surface area contributed by atoms with Crippen molar-refractivity contribution < 1.29 is 14.7 Å². The Kier molecular flexibility index (Phi) is 4.55. The molecule has 1 aromatic heterocycles. The molecule has 0 radical (unpaired) electrons. The van der Waals surface area contributed by atoms with Gasteiger partial charge in [0.15, 0.2) is 0 Å². The molecule has 20 heavy (non-hydrogen) atoms. The maximum atomic E-state index is 11.9. The van der Waals surface area contributed by atoms with E-state index >= 15 is 0 Å². The molecule has 0 bridgehead atoms. The van der Waals surface area contributed by atoms with Gasteiger partial charge >= 0.3 is 5.97 Å². The van der Waals surface area contributed by atoms with Crippen LogP contribution < -0.4 is 5.32 Å². The number of carboxylic acids is 1. The van der Waals surface area contributed by atoms with E-state index in [1.165, 1.54) is 0 Å². The molecule has 0 fully saturated rings. The molecule has 2 aromatic rings. The number of benzene rings is 1. The Labute approximate surface area is 116 Å². The lowest BCUT2D eigenvalue weighted by atomic mass is 10.2. The van der Waals surface area contributed by atoms with Crippen molar-refractivity contribution >= 4 is 11.9 Å². The predicted molar refractivity (Wildman–Crippen MR) is 75.0 cm³/mol. The molecule has 5 heteroatoms. The zero-order valence-corrected chi connectivity index (χ0v) is 11.0. The van der Waals surface area contributed by atoms with Crippen LogP contribution in [0.2, 0.25) is 0 Å². The van der Waals surface area contributed by atoms with Gasteiger partial charge in [0.05, 0.1) is 0 Å². The van der Waals surface area contributed by atoms with Crippen LogP contribution in [0, 0.1) is 0 Å². The summed E-state index contributed by atoms with van der Waals surface area (Å²) in [6.45, 7) is 0.360. The summed E-state index contributed by atoms with van der Waals surface area (Å²) in [5.41, 5.74) is 1.47. The van der Waals surface area contributed by atoms with Gasteiger partial charge in [-0.2, -0.15) is 0 Å². The molecule has 2 rings (SSSR count). The zero-order chi connectivity index (χ0) is 14.4. The maximum Gasteiger partial charge on any atom is 0.303 e. The molecule has 1 aromatic carbocycles. The van der Waals surface area contributed by atoms with Gasteiger partial charge < -0.3 is 15.0 Å². The standard InChI is InChI=1S/C15H16N2O3/c18-14(19)7-4-8-16-15(20)12-5-3-6-13(11-12)17-9-1-2-10-17/h1-3,5-6,9-11H,4,7-8H2,(H,16,20)(H,18,19). The number of nitrogens with zero attached hydrogens (tertiary/aromatic N) is 1. The fourth-order valence-electron chi connectivity index (χ4n) is 1.86. The van der Waals surface area contributed by atoms with E-state index in [9.17, 15) is 9.59 Å². The van der Waals surface area contributed by atoms with Gasteiger partial charge in [-0.3, -0.25) is 9.59 Å². The second-order valence-electron chi connectivity index (χ2n) is 4.39. The van der Waals surface area contributed by atoms with Gasteiger partial charge in [0.1, 0.15) is 0 Å². The van der Waals surface area contributed by atoms with E-state index in [-0.39, 0.29) is 12.3 Å². The zero-order valence-electron chi connectivity index (χ0n) is 11.0. The minimum absolute atomic E-state index is 0.0592. The minimum atomic E-state index is -0.853. The third-order valence-electron chi connectivity index (χ3n) is 2.86. The monoisotopic (exact) mass is 272 g/mol. The van der Waals surface area contributed by atoms with Gasteiger partial charge in [0.25, 0.3) is 5.91 Å². The average Bonchev–Trinajstić information content (AvgIpc) is 2.97. The van der Waals surface area contributed by atoms with Crippen molar-refractivity contribution in [3.05, 3.63) is 54.4 Å². The third kappa shape index (κ3) is 3.71. The van der Waals surface area contributed by atoms with Gasteiger partial charge in [-0.05, 0) is 36.8 Å². The van der Waals surface area contributed by atoms with Crippen molar-refractivity contribution in [2.75, 3.05) is 6.54 Å². The minimum Gasteiger partial charge on any atom is -0.481 e. The van der Waals surface area contributed by atoms with Crippen molar-refractivity contribution in [2.45, 2.75) is 12.8 Å². The lowest BCUT2D eigenvalue weighted by Gasteiger charge is -2.07. The number of carbonyl (C=O) groups is 2. The summed E-state index contributed by atoms with van der Waals surface area (Å²) in [5, 5.41) is 11.2. The topological polar surface area (TPSA) is 71.3 Å². The van der Waals surface area contributed by atoms with E-state index in [4.69, 9.17) is 5.11 Å². The Morgan fingerprint density at radius 3 is 2.60 bits per heavy atom. The number of nitrogens with one attached hydrogen (secondary N) is 1. The Morgan fingerprint density at radius 1 is 1.15 bits per heavy atom. The van der Waals surface area contributed by atoms with E-state index < -0.39 is 5.97 Å². The molecular weight excluding hydrogens is 256 g/mol. The highest BCUT2D eigenvalue weighted by Crippen LogP contribution is 2.10. The molecule has 0 unspecified atom stereocenters. The number of hydrogen-bond acceptors (Lipinski definition) is 2. The molecule has 0 spiro atoms. The molecule has 0 saturated carbocycles. The largest absolute Gasteiger partial charge is 0.481 e. The van der Waals surface area contributed by atoms with Crippen LogP contribution in [0.4, 0.5) is 0 Å². The molecule has 1 heterocycles. The first-order valence-electron chi connectivity index (χ1n) is 6.40. The van der Waals surface area contributed by atoms with E-state index in [0.29, 0.717) is 18.5 Å². The Balaban J connectivity index is 1.96. The van der Waals surface area contributed by atoms with Gasteiger partial charge in [-0.25, -0.2) is 0 Å². The molecule has 2 N–H and O–H groups in total. The molecule has 104 valence electrons. The number of aromatic nitrogens is 1. The Hall–Kier alpha value is -2.56. The summed E-state index contributed by atoms with van der Waals surface area (Å²) < 4.78 is 1.92. The quantitative estimate of drug-likeness (QED) is 0.791. The Bertz CT molecular complexity index is 591. The first kappa shape index (κ1) is 13.9. The summed E-state index contributed by atoms with van der Waals surface area (Å²) in [5.74, 6) is -1.04. The van der Waals surface area contributed by atoms with Crippen LogP contribution in [-0.2, 0) is 4.79 Å². The first-order chi connectivity index (χ1) is 9.66. The highest BCUT2D eigenvalue weighted by molar-refractivity contribution is 5.94. The van der Waals surface area contributed by atoms with Crippen molar-refractivity contribution in [3.63, 3.8) is 0 Å². The van der Waals surface area contributed by atoms with E-state index in [0.717, 1.165) is 5.69 Å². The molecule has 0 aliphatic carbocycles. The van der Waals surface area contributed by atoms with Gasteiger partial charge in [-0.1, -0.05) is 6.07 Å². The highest BCUT2D eigenvalue weighted by Gasteiger charge is 2.06. The van der Waals surface area contributed by atoms with Crippen LogP contribution in [0.5, 0.6) is 0 Å². The van der Waals surface area contributed by atoms with E-state index in [1.54, 1.807) is 12.1 Å². The Morgan fingerprint density at radius 2 is 1.90 bits per heavy atom. The number of carboxylic acid groups (broad SMARTS) is 1. The van der Waals surface area contributed by atoms with Gasteiger partial charge in [0, 0.05) is 36.6 Å². The summed E-state index contributed by atoms with van der Waals surface area (Å²) in [7, 11) is 0. The maximum absolute atomic E-state index is 11.9. The van der Waals surface area contributed by atoms with Crippen molar-refractivity contribution in [3.8, 4) is 5.69 Å². The van der Waals surface area contributed by atoms with Gasteiger partial charge in [-0.15, -0.1) is 0 Å². The molecular formula is C15H16N2O3. The van der Waals surface area contributed by atoms with Gasteiger partial charge in [0.2, 0.25) is 0 Å². The van der Waals surface area contributed by atoms with E-state index in [1.807, 2.05) is 41.2 Å². The molecule has 0 aliphatic rings. The lowest BCUT2D eigenvalue weighted by molar-refractivity contribution is -0.137. The third-order valence-corrected chi connectivity index (χ3v) is 2.86. The fourth-order valence-corrected chi connectivity index (χ4v) is 1.86. The summed E-state index contributed by atoms with van der Waals surface area (Å²) >= 11 is 0. The second-order valence-corrected chi connectivity index (χ2v) is 4.39. The highest BCUT2D eigenvalue weighted by atomic mass is 16.4. The van der Waals surface area contributed by atoms with Crippen molar-refractivity contribution in [2.24, 2.45) is 0 Å². The molecule has 1 amide bonds. The molecule has 0 aliphatic heterocycles. The SMILES string of the molecule is O=C(O)CCCNC(=O)c1cccc(-n2cccc2)c1. The predicted octanol–water partition coefficient (Wildman–Crippen LogP) is 2.07.